The first-order valence-corrected chi connectivity index (χ1v) is 10.6. The lowest BCUT2D eigenvalue weighted by molar-refractivity contribution is -0.117. The van der Waals surface area contributed by atoms with Crippen LogP contribution in [-0.2, 0) is 14.8 Å². The topological polar surface area (TPSA) is 122 Å². The van der Waals surface area contributed by atoms with Gasteiger partial charge in [0.05, 0.1) is 35.2 Å². The van der Waals surface area contributed by atoms with E-state index in [1.165, 1.54) is 19.1 Å². The van der Waals surface area contributed by atoms with Gasteiger partial charge in [-0.05, 0) is 31.2 Å². The zero-order valence-corrected chi connectivity index (χ0v) is 16.5. The number of carbonyl (C=O) groups is 1. The van der Waals surface area contributed by atoms with Crippen molar-refractivity contribution < 1.29 is 22.7 Å². The number of nitrogens with one attached hydrogen (secondary N) is 3. The molecule has 9 nitrogen and oxygen atoms in total. The van der Waals surface area contributed by atoms with Crippen LogP contribution in [0.25, 0.3) is 11.0 Å². The Bertz CT molecular complexity index is 1130. The van der Waals surface area contributed by atoms with Crippen molar-refractivity contribution in [2.24, 2.45) is 0 Å². The van der Waals surface area contributed by atoms with Crippen molar-refractivity contribution >= 4 is 32.9 Å². The summed E-state index contributed by atoms with van der Waals surface area (Å²) < 4.78 is 38.8. The molecule has 10 heteroatoms. The second-order valence-corrected chi connectivity index (χ2v) is 8.31. The summed E-state index contributed by atoms with van der Waals surface area (Å²) in [7, 11) is -3.94. The molecule has 0 radical (unpaired) electrons. The molecule has 1 unspecified atom stereocenters. The summed E-state index contributed by atoms with van der Waals surface area (Å²) in [6, 6.07) is 10.6. The fourth-order valence-electron chi connectivity index (χ4n) is 2.90. The number of ether oxygens (including phenoxy) is 2. The number of aromatic amines is 1. The van der Waals surface area contributed by atoms with Crippen molar-refractivity contribution in [3.05, 3.63) is 42.5 Å². The zero-order chi connectivity index (χ0) is 20.4. The number of H-pyrrole nitrogens is 1. The number of para-hydroxylation sites is 2. The van der Waals surface area contributed by atoms with E-state index in [4.69, 9.17) is 9.47 Å². The van der Waals surface area contributed by atoms with Gasteiger partial charge in [0.25, 0.3) is 0 Å². The van der Waals surface area contributed by atoms with E-state index in [9.17, 15) is 13.2 Å². The number of anilines is 1. The third-order valence-corrected chi connectivity index (χ3v) is 5.92. The number of nitrogens with zero attached hydrogens (tertiary/aromatic N) is 1. The summed E-state index contributed by atoms with van der Waals surface area (Å²) in [5.74, 6) is 0.571. The highest BCUT2D eigenvalue weighted by molar-refractivity contribution is 7.89. The van der Waals surface area contributed by atoms with Gasteiger partial charge in [-0.15, -0.1) is 0 Å². The Morgan fingerprint density at radius 1 is 1.14 bits per heavy atom. The first-order valence-electron chi connectivity index (χ1n) is 9.10. The molecule has 2 heterocycles. The van der Waals surface area contributed by atoms with Crippen LogP contribution in [0.5, 0.6) is 11.5 Å². The Labute approximate surface area is 167 Å². The number of aromatic nitrogens is 2. The number of amides is 1. The van der Waals surface area contributed by atoms with Gasteiger partial charge in [-0.2, -0.15) is 4.72 Å². The van der Waals surface area contributed by atoms with E-state index in [1.807, 2.05) is 18.2 Å². The number of hydrogen-bond donors (Lipinski definition) is 3. The minimum absolute atomic E-state index is 0.00913. The van der Waals surface area contributed by atoms with E-state index < -0.39 is 22.0 Å². The Morgan fingerprint density at radius 2 is 1.90 bits per heavy atom. The molecule has 1 atom stereocenters. The molecule has 0 bridgehead atoms. The number of sulfonamides is 1. The first-order chi connectivity index (χ1) is 13.9. The molecule has 1 aliphatic heterocycles. The average Bonchev–Trinajstić information content (AvgIpc) is 2.94. The molecule has 1 amide bonds. The molecule has 4 rings (SSSR count). The van der Waals surface area contributed by atoms with E-state index in [2.05, 4.69) is 20.0 Å². The molecule has 0 saturated carbocycles. The minimum atomic E-state index is -3.94. The normalized spacial score (nSPS) is 14.9. The summed E-state index contributed by atoms with van der Waals surface area (Å²) in [6.45, 7) is 2.41. The second kappa shape index (κ2) is 7.72. The van der Waals surface area contributed by atoms with E-state index in [0.717, 1.165) is 5.52 Å². The fourth-order valence-corrected chi connectivity index (χ4v) is 4.12. The summed E-state index contributed by atoms with van der Waals surface area (Å²) >= 11 is 0. The van der Waals surface area contributed by atoms with Crippen LogP contribution in [0.15, 0.2) is 47.4 Å². The summed E-state index contributed by atoms with van der Waals surface area (Å²) in [5, 5.41) is 2.59. The number of rotatable bonds is 5. The van der Waals surface area contributed by atoms with Crippen LogP contribution in [0.2, 0.25) is 0 Å². The highest BCUT2D eigenvalue weighted by Gasteiger charge is 2.24. The van der Waals surface area contributed by atoms with Gasteiger partial charge < -0.3 is 14.5 Å². The van der Waals surface area contributed by atoms with E-state index >= 15 is 0 Å². The van der Waals surface area contributed by atoms with Crippen molar-refractivity contribution in [1.82, 2.24) is 14.7 Å². The lowest BCUT2D eigenvalue weighted by Crippen LogP contribution is -2.41. The zero-order valence-electron chi connectivity index (χ0n) is 15.6. The van der Waals surface area contributed by atoms with Gasteiger partial charge in [0.15, 0.2) is 11.5 Å². The average molecular weight is 416 g/mol. The van der Waals surface area contributed by atoms with Gasteiger partial charge >= 0.3 is 0 Å². The van der Waals surface area contributed by atoms with Gasteiger partial charge in [-0.1, -0.05) is 12.1 Å². The maximum absolute atomic E-state index is 12.7. The van der Waals surface area contributed by atoms with Gasteiger partial charge in [0, 0.05) is 12.5 Å². The van der Waals surface area contributed by atoms with Crippen LogP contribution >= 0.6 is 0 Å². The lowest BCUT2D eigenvalue weighted by atomic mass is 10.3. The van der Waals surface area contributed by atoms with Crippen LogP contribution in [0.1, 0.15) is 13.3 Å². The first kappa shape index (κ1) is 19.2. The van der Waals surface area contributed by atoms with Crippen molar-refractivity contribution in [2.45, 2.75) is 24.3 Å². The third kappa shape index (κ3) is 4.17. The Balaban J connectivity index is 1.47. The Kier molecular flexibility index (Phi) is 5.12. The largest absolute Gasteiger partial charge is 0.490 e. The molecule has 0 saturated heterocycles. The summed E-state index contributed by atoms with van der Waals surface area (Å²) in [4.78, 5) is 19.6. The quantitative estimate of drug-likeness (QED) is 0.585. The van der Waals surface area contributed by atoms with Crippen LogP contribution in [-0.4, -0.2) is 43.5 Å². The molecule has 0 spiro atoms. The van der Waals surface area contributed by atoms with Crippen molar-refractivity contribution in [3.8, 4) is 11.5 Å². The predicted molar refractivity (Wildman–Crippen MR) is 107 cm³/mol. The monoisotopic (exact) mass is 416 g/mol. The molecular weight excluding hydrogens is 396 g/mol. The van der Waals surface area contributed by atoms with Crippen LogP contribution < -0.4 is 19.5 Å². The molecule has 29 heavy (non-hydrogen) atoms. The number of benzene rings is 2. The fraction of sp³-hybridized carbons (Fsp3) is 0.263. The second-order valence-electron chi connectivity index (χ2n) is 6.59. The summed E-state index contributed by atoms with van der Waals surface area (Å²) in [6.07, 6.45) is 0.716. The van der Waals surface area contributed by atoms with Gasteiger partial charge in [0.2, 0.25) is 21.9 Å². The van der Waals surface area contributed by atoms with Crippen LogP contribution in [0.4, 0.5) is 5.95 Å². The summed E-state index contributed by atoms with van der Waals surface area (Å²) in [5.41, 5.74) is 1.46. The van der Waals surface area contributed by atoms with Crippen LogP contribution in [0.3, 0.4) is 0 Å². The molecule has 1 aliphatic rings. The molecule has 3 N–H and O–H groups in total. The minimum Gasteiger partial charge on any atom is -0.490 e. The number of imidazole rings is 1. The van der Waals surface area contributed by atoms with Gasteiger partial charge in [-0.3, -0.25) is 10.1 Å². The number of hydrogen-bond acceptors (Lipinski definition) is 6. The van der Waals surface area contributed by atoms with Crippen molar-refractivity contribution in [1.29, 1.82) is 0 Å². The van der Waals surface area contributed by atoms with Crippen molar-refractivity contribution in [3.63, 3.8) is 0 Å². The molecule has 3 aromatic rings. The molecule has 2 aromatic carbocycles. The Morgan fingerprint density at radius 3 is 2.69 bits per heavy atom. The number of fused-ring (bicyclic) bond motifs is 2. The molecule has 1 aromatic heterocycles. The van der Waals surface area contributed by atoms with E-state index in [-0.39, 0.29) is 10.8 Å². The van der Waals surface area contributed by atoms with Gasteiger partial charge in [0.1, 0.15) is 0 Å². The van der Waals surface area contributed by atoms with Crippen LogP contribution in [0, 0.1) is 0 Å². The molecular formula is C19H20N4O5S. The lowest BCUT2D eigenvalue weighted by Gasteiger charge is -2.15. The standard InChI is InChI=1S/C19H20N4O5S/c1-12(18(24)22-19-20-14-5-2-3-6-15(14)21-19)23-29(25,26)13-7-8-16-17(11-13)28-10-4-9-27-16/h2-3,5-8,11-12,23H,4,9-10H2,1H3,(H2,20,21,22,24). The highest BCUT2D eigenvalue weighted by atomic mass is 32.2. The molecule has 152 valence electrons. The maximum Gasteiger partial charge on any atom is 0.244 e. The van der Waals surface area contributed by atoms with E-state index in [1.54, 1.807) is 12.1 Å². The molecule has 0 aliphatic carbocycles. The number of carbonyl (C=O) groups excluding carboxylic acids is 1. The maximum atomic E-state index is 12.7. The predicted octanol–water partition coefficient (Wildman–Crippen LogP) is 2.03. The Hall–Kier alpha value is -3.11. The highest BCUT2D eigenvalue weighted by Crippen LogP contribution is 2.31. The van der Waals surface area contributed by atoms with E-state index in [0.29, 0.717) is 36.7 Å². The van der Waals surface area contributed by atoms with Gasteiger partial charge in [-0.25, -0.2) is 13.4 Å². The SMILES string of the molecule is CC(NS(=O)(=O)c1ccc2c(c1)OCCCO2)C(=O)Nc1nc2ccccc2[nH]1. The smallest absolute Gasteiger partial charge is 0.244 e. The third-order valence-electron chi connectivity index (χ3n) is 4.39. The molecule has 0 fully saturated rings. The van der Waals surface area contributed by atoms with Crippen molar-refractivity contribution in [2.75, 3.05) is 18.5 Å².